The van der Waals surface area contributed by atoms with E-state index in [2.05, 4.69) is 36.1 Å². The van der Waals surface area contributed by atoms with Gasteiger partial charge in [0.25, 0.3) is 0 Å². The second-order valence-corrected chi connectivity index (χ2v) is 9.60. The Morgan fingerprint density at radius 1 is 0.848 bits per heavy atom. The summed E-state index contributed by atoms with van der Waals surface area (Å²) >= 11 is 0. The third kappa shape index (κ3) is 4.43. The molecule has 0 aromatic heterocycles. The van der Waals surface area contributed by atoms with E-state index in [1.165, 1.54) is 11.3 Å². The highest BCUT2D eigenvalue weighted by Crippen LogP contribution is 2.39. The first-order valence-electron chi connectivity index (χ1n) is 12.1. The molecule has 2 saturated heterocycles. The lowest BCUT2D eigenvalue weighted by molar-refractivity contribution is -0.136. The van der Waals surface area contributed by atoms with E-state index < -0.39 is 0 Å². The van der Waals surface area contributed by atoms with Gasteiger partial charge in [0.1, 0.15) is 5.75 Å². The molecule has 6 nitrogen and oxygen atoms in total. The molecular formula is C27H33N3O3. The number of rotatable bonds is 5. The minimum absolute atomic E-state index is 0.0282. The Labute approximate surface area is 196 Å². The van der Waals surface area contributed by atoms with Crippen LogP contribution in [0, 0.1) is 18.8 Å². The predicted molar refractivity (Wildman–Crippen MR) is 129 cm³/mol. The fourth-order valence-electron chi connectivity index (χ4n) is 5.33. The molecule has 0 unspecified atom stereocenters. The molecule has 0 N–H and O–H groups in total. The largest absolute Gasteiger partial charge is 0.497 e. The number of likely N-dealkylation sites (tertiary alicyclic amines) is 1. The van der Waals surface area contributed by atoms with E-state index in [0.717, 1.165) is 50.3 Å². The van der Waals surface area contributed by atoms with E-state index in [0.29, 0.717) is 13.1 Å². The van der Waals surface area contributed by atoms with Gasteiger partial charge in [-0.3, -0.25) is 9.59 Å². The van der Waals surface area contributed by atoms with Crippen LogP contribution in [0.15, 0.2) is 48.5 Å². The number of benzene rings is 2. The van der Waals surface area contributed by atoms with Gasteiger partial charge in [0.05, 0.1) is 13.0 Å². The van der Waals surface area contributed by atoms with Crippen molar-refractivity contribution in [1.82, 2.24) is 9.80 Å². The molecule has 33 heavy (non-hydrogen) atoms. The first kappa shape index (κ1) is 21.8. The van der Waals surface area contributed by atoms with Crippen LogP contribution in [0.2, 0.25) is 0 Å². The van der Waals surface area contributed by atoms with Gasteiger partial charge in [0.15, 0.2) is 0 Å². The molecule has 3 aliphatic rings. The molecule has 2 atom stereocenters. The standard InChI is InChI=1S/C27H33N3O3/c1-19-5-3-4-6-25(19)28-13-15-29(16-14-28)27(32)24-18-30(26(31)21-7-8-21)17-23(24)20-9-11-22(33-2)12-10-20/h3-6,9-12,21,23-24H,7-8,13-18H2,1-2H3/t23-,24+/m1/s1. The Morgan fingerprint density at radius 3 is 2.18 bits per heavy atom. The lowest BCUT2D eigenvalue weighted by Crippen LogP contribution is -2.51. The number of amides is 2. The van der Waals surface area contributed by atoms with Crippen LogP contribution in [0.1, 0.15) is 29.9 Å². The maximum Gasteiger partial charge on any atom is 0.228 e. The number of carbonyl (C=O) groups is 2. The summed E-state index contributed by atoms with van der Waals surface area (Å²) in [5, 5.41) is 0. The van der Waals surface area contributed by atoms with Gasteiger partial charge >= 0.3 is 0 Å². The Bertz CT molecular complexity index is 1010. The number of piperazine rings is 1. The van der Waals surface area contributed by atoms with Crippen molar-refractivity contribution in [3.63, 3.8) is 0 Å². The Hall–Kier alpha value is -3.02. The highest BCUT2D eigenvalue weighted by Gasteiger charge is 2.45. The van der Waals surface area contributed by atoms with Crippen molar-refractivity contribution in [3.05, 3.63) is 59.7 Å². The highest BCUT2D eigenvalue weighted by atomic mass is 16.5. The number of nitrogens with zero attached hydrogens (tertiary/aromatic N) is 3. The lowest BCUT2D eigenvalue weighted by atomic mass is 9.87. The molecule has 174 valence electrons. The van der Waals surface area contributed by atoms with Crippen LogP contribution in [0.3, 0.4) is 0 Å². The number of hydrogen-bond donors (Lipinski definition) is 0. The number of para-hydroxylation sites is 1. The molecule has 2 aromatic rings. The third-order valence-corrected chi connectivity index (χ3v) is 7.47. The topological polar surface area (TPSA) is 53.1 Å². The summed E-state index contributed by atoms with van der Waals surface area (Å²) in [4.78, 5) is 32.9. The van der Waals surface area contributed by atoms with Crippen LogP contribution >= 0.6 is 0 Å². The summed E-state index contributed by atoms with van der Waals surface area (Å²) in [5.41, 5.74) is 3.63. The zero-order valence-corrected chi connectivity index (χ0v) is 19.6. The van der Waals surface area contributed by atoms with Crippen LogP contribution in [-0.2, 0) is 9.59 Å². The highest BCUT2D eigenvalue weighted by molar-refractivity contribution is 5.85. The predicted octanol–water partition coefficient (Wildman–Crippen LogP) is 3.30. The Kier molecular flexibility index (Phi) is 6.00. The summed E-state index contributed by atoms with van der Waals surface area (Å²) < 4.78 is 5.31. The number of hydrogen-bond acceptors (Lipinski definition) is 4. The van der Waals surface area contributed by atoms with Crippen molar-refractivity contribution in [3.8, 4) is 5.75 Å². The molecule has 2 aromatic carbocycles. The molecule has 0 spiro atoms. The van der Waals surface area contributed by atoms with Gasteiger partial charge in [-0.15, -0.1) is 0 Å². The van der Waals surface area contributed by atoms with Crippen LogP contribution in [0.25, 0.3) is 0 Å². The number of anilines is 1. The van der Waals surface area contributed by atoms with Crippen LogP contribution in [0.4, 0.5) is 5.69 Å². The molecule has 0 bridgehead atoms. The SMILES string of the molecule is COc1ccc([C@H]2CN(C(=O)C3CC3)C[C@@H]2C(=O)N2CCN(c3ccccc3C)CC2)cc1. The van der Waals surface area contributed by atoms with Crippen molar-refractivity contribution in [2.24, 2.45) is 11.8 Å². The second kappa shape index (κ2) is 9.08. The molecule has 1 saturated carbocycles. The number of carbonyl (C=O) groups excluding carboxylic acids is 2. The molecule has 0 radical (unpaired) electrons. The van der Waals surface area contributed by atoms with Crippen molar-refractivity contribution >= 4 is 17.5 Å². The number of ether oxygens (including phenoxy) is 1. The summed E-state index contributed by atoms with van der Waals surface area (Å²) in [7, 11) is 1.66. The van der Waals surface area contributed by atoms with E-state index in [-0.39, 0.29) is 29.6 Å². The van der Waals surface area contributed by atoms with Crippen LogP contribution in [-0.4, -0.2) is 68.0 Å². The summed E-state index contributed by atoms with van der Waals surface area (Å²) in [6.45, 7) is 6.40. The minimum atomic E-state index is -0.189. The molecule has 5 rings (SSSR count). The van der Waals surface area contributed by atoms with Crippen molar-refractivity contribution < 1.29 is 14.3 Å². The van der Waals surface area contributed by atoms with Crippen molar-refractivity contribution in [1.29, 1.82) is 0 Å². The van der Waals surface area contributed by atoms with Gasteiger partial charge in [-0.2, -0.15) is 0 Å². The number of methoxy groups -OCH3 is 1. The molecular weight excluding hydrogens is 414 g/mol. The quantitative estimate of drug-likeness (QED) is 0.706. The van der Waals surface area contributed by atoms with Gasteiger partial charge < -0.3 is 19.4 Å². The zero-order valence-electron chi connectivity index (χ0n) is 19.6. The monoisotopic (exact) mass is 447 g/mol. The van der Waals surface area contributed by atoms with E-state index >= 15 is 0 Å². The maximum absolute atomic E-state index is 13.7. The fraction of sp³-hybridized carbons (Fsp3) is 0.481. The smallest absolute Gasteiger partial charge is 0.228 e. The second-order valence-electron chi connectivity index (χ2n) is 9.60. The zero-order chi connectivity index (χ0) is 22.9. The summed E-state index contributed by atoms with van der Waals surface area (Å²) in [6, 6.07) is 16.4. The minimum Gasteiger partial charge on any atom is -0.497 e. The average molecular weight is 448 g/mol. The van der Waals surface area contributed by atoms with E-state index in [1.54, 1.807) is 7.11 Å². The Morgan fingerprint density at radius 2 is 1.55 bits per heavy atom. The van der Waals surface area contributed by atoms with Crippen LogP contribution < -0.4 is 9.64 Å². The van der Waals surface area contributed by atoms with E-state index in [1.807, 2.05) is 34.1 Å². The summed E-state index contributed by atoms with van der Waals surface area (Å²) in [6.07, 6.45) is 1.98. The van der Waals surface area contributed by atoms with Gasteiger partial charge in [-0.1, -0.05) is 30.3 Å². The van der Waals surface area contributed by atoms with Crippen molar-refractivity contribution in [2.75, 3.05) is 51.3 Å². The average Bonchev–Trinajstić information content (AvgIpc) is 3.62. The molecule has 2 aliphatic heterocycles. The summed E-state index contributed by atoms with van der Waals surface area (Å²) in [5.74, 6) is 1.23. The van der Waals surface area contributed by atoms with Gasteiger partial charge in [-0.25, -0.2) is 0 Å². The lowest BCUT2D eigenvalue weighted by Gasteiger charge is -2.38. The van der Waals surface area contributed by atoms with Gasteiger partial charge in [0, 0.05) is 56.8 Å². The fourth-order valence-corrected chi connectivity index (χ4v) is 5.33. The first-order valence-corrected chi connectivity index (χ1v) is 12.1. The molecule has 2 amide bonds. The Balaban J connectivity index is 1.31. The molecule has 6 heteroatoms. The van der Waals surface area contributed by atoms with Crippen LogP contribution in [0.5, 0.6) is 5.75 Å². The van der Waals surface area contributed by atoms with E-state index in [4.69, 9.17) is 4.74 Å². The third-order valence-electron chi connectivity index (χ3n) is 7.47. The molecule has 2 heterocycles. The first-order chi connectivity index (χ1) is 16.0. The maximum atomic E-state index is 13.7. The van der Waals surface area contributed by atoms with Gasteiger partial charge in [-0.05, 0) is 49.1 Å². The van der Waals surface area contributed by atoms with E-state index in [9.17, 15) is 9.59 Å². The van der Waals surface area contributed by atoms with Gasteiger partial charge in [0.2, 0.25) is 11.8 Å². The molecule has 1 aliphatic carbocycles. The van der Waals surface area contributed by atoms with Crippen molar-refractivity contribution in [2.45, 2.75) is 25.7 Å². The normalized spacial score (nSPS) is 23.0. The number of aryl methyl sites for hydroxylation is 1. The molecule has 3 fully saturated rings.